The molecular weight excluding hydrogens is 1470 g/mol. The highest BCUT2D eigenvalue weighted by Crippen LogP contribution is 2.42. The summed E-state index contributed by atoms with van der Waals surface area (Å²) >= 11 is 0. The number of benzene rings is 6. The van der Waals surface area contributed by atoms with Crippen LogP contribution >= 0.6 is 0 Å². The van der Waals surface area contributed by atoms with Gasteiger partial charge in [-0.1, -0.05) is 277 Å². The van der Waals surface area contributed by atoms with E-state index in [4.69, 9.17) is 33.9 Å². The van der Waals surface area contributed by atoms with Crippen molar-refractivity contribution < 1.29 is 18.9 Å². The zero-order valence-electron chi connectivity index (χ0n) is 73.3. The van der Waals surface area contributed by atoms with E-state index in [-0.39, 0.29) is 0 Å². The lowest BCUT2D eigenvalue weighted by Crippen LogP contribution is -2.43. The highest BCUT2D eigenvalue weighted by molar-refractivity contribution is 6.91. The summed E-state index contributed by atoms with van der Waals surface area (Å²) in [7, 11) is -3.89. The SMILES string of the molecule is CCCCCCOc1cc(C#Cc2ccc(C#Cc3cc(C#C[Si](C(C)C)(C(C)C)C(C)C)cc(OCCCCCC)c3)cc2)cc(C#Cc2ccc(-c3cccc(-c4ccc(C#Cc5cc(C#Cc6ccc(C#Cc7cc(C#C[Si](C(C)C)(C(C)C)C(C)C)cc(OCCCCCC)c7)cc6)cc(OCCCCCC)c5)cn4)n3)nc2)c1. The fourth-order valence-corrected chi connectivity index (χ4v) is 26.0. The first-order valence-corrected chi connectivity index (χ1v) is 48.0. The van der Waals surface area contributed by atoms with Crippen LogP contribution in [0.4, 0.5) is 0 Å². The molecule has 9 aromatic rings. The quantitative estimate of drug-likeness (QED) is 0.0236. The summed E-state index contributed by atoms with van der Waals surface area (Å²) in [6.07, 6.45) is 21.6. The Morgan fingerprint density at radius 3 is 0.678 bits per heavy atom. The molecule has 7 nitrogen and oxygen atoms in total. The lowest BCUT2D eigenvalue weighted by molar-refractivity contribution is 0.305. The highest BCUT2D eigenvalue weighted by Gasteiger charge is 2.43. The number of pyridine rings is 3. The van der Waals surface area contributed by atoms with Gasteiger partial charge in [0.2, 0.25) is 0 Å². The highest BCUT2D eigenvalue weighted by atomic mass is 28.3. The van der Waals surface area contributed by atoms with Crippen LogP contribution in [0.15, 0.2) is 176 Å². The predicted octanol–water partition coefficient (Wildman–Crippen LogP) is 26.6. The molecule has 0 saturated heterocycles. The van der Waals surface area contributed by atoms with Gasteiger partial charge in [0.15, 0.2) is 0 Å². The molecule has 9 heteroatoms. The number of unbranched alkanes of at least 4 members (excludes halogenated alkanes) is 12. The monoisotopic (exact) mass is 1590 g/mol. The average molecular weight is 1600 g/mol. The molecule has 0 bridgehead atoms. The largest absolute Gasteiger partial charge is 0.494 e. The van der Waals surface area contributed by atoms with Crippen molar-refractivity contribution in [2.24, 2.45) is 0 Å². The summed E-state index contributed by atoms with van der Waals surface area (Å²) in [4.78, 5) is 14.7. The summed E-state index contributed by atoms with van der Waals surface area (Å²) in [5.41, 5.74) is 25.9. The molecule has 0 saturated carbocycles. The molecular formula is C109H123N3O4Si2. The van der Waals surface area contributed by atoms with Crippen molar-refractivity contribution in [3.05, 3.63) is 254 Å². The van der Waals surface area contributed by atoms with Crippen LogP contribution in [0.2, 0.25) is 33.2 Å². The Hall–Kier alpha value is -11.1. The van der Waals surface area contributed by atoms with E-state index in [1.165, 1.54) is 38.5 Å². The Morgan fingerprint density at radius 1 is 0.237 bits per heavy atom. The van der Waals surface area contributed by atoms with Gasteiger partial charge in [0.25, 0.3) is 0 Å². The van der Waals surface area contributed by atoms with Crippen LogP contribution in [0.3, 0.4) is 0 Å². The first-order chi connectivity index (χ1) is 57.2. The van der Waals surface area contributed by atoms with E-state index in [1.54, 1.807) is 12.4 Å². The van der Waals surface area contributed by atoms with Crippen LogP contribution in [0.25, 0.3) is 22.8 Å². The van der Waals surface area contributed by atoms with E-state index >= 15 is 0 Å². The Balaban J connectivity index is 0.873. The molecule has 3 heterocycles. The van der Waals surface area contributed by atoms with Gasteiger partial charge in [-0.2, -0.15) is 0 Å². The molecule has 0 fully saturated rings. The molecule has 0 amide bonds. The van der Waals surface area contributed by atoms with Gasteiger partial charge in [-0.05, 0) is 217 Å². The fraction of sp³-hybridized carbons (Fsp3) is 0.385. The van der Waals surface area contributed by atoms with Gasteiger partial charge in [0.1, 0.15) is 39.1 Å². The predicted molar refractivity (Wildman–Crippen MR) is 500 cm³/mol. The molecule has 0 unspecified atom stereocenters. The van der Waals surface area contributed by atoms with Crippen LogP contribution in [-0.2, 0) is 0 Å². The zero-order chi connectivity index (χ0) is 84.1. The smallest absolute Gasteiger partial charge is 0.146 e. The van der Waals surface area contributed by atoms with Crippen molar-refractivity contribution in [2.45, 2.75) is 247 Å². The molecule has 6 aromatic carbocycles. The lowest BCUT2D eigenvalue weighted by Gasteiger charge is -2.38. The Labute approximate surface area is 712 Å². The second-order valence-electron chi connectivity index (χ2n) is 32.8. The van der Waals surface area contributed by atoms with Crippen LogP contribution in [0.5, 0.6) is 23.0 Å². The van der Waals surface area contributed by atoms with Crippen LogP contribution in [-0.4, -0.2) is 57.5 Å². The maximum Gasteiger partial charge on any atom is 0.146 e. The van der Waals surface area contributed by atoms with Crippen molar-refractivity contribution >= 4 is 16.1 Å². The molecule has 3 aromatic heterocycles. The third-order valence-corrected chi connectivity index (χ3v) is 34.5. The van der Waals surface area contributed by atoms with Crippen molar-refractivity contribution in [3.63, 3.8) is 0 Å². The van der Waals surface area contributed by atoms with Gasteiger partial charge in [-0.3, -0.25) is 9.97 Å². The van der Waals surface area contributed by atoms with Crippen molar-refractivity contribution in [1.82, 2.24) is 15.0 Å². The second kappa shape index (κ2) is 47.3. The molecule has 0 radical (unpaired) electrons. The summed E-state index contributed by atoms with van der Waals surface area (Å²) < 4.78 is 25.4. The molecule has 606 valence electrons. The Bertz CT molecular complexity index is 4930. The van der Waals surface area contributed by atoms with Gasteiger partial charge in [0, 0.05) is 90.3 Å². The van der Waals surface area contributed by atoms with Gasteiger partial charge < -0.3 is 18.9 Å². The molecule has 9 rings (SSSR count). The summed E-state index contributed by atoms with van der Waals surface area (Å²) in [5.74, 6) is 51.2. The fourth-order valence-electron chi connectivity index (χ4n) is 15.5. The van der Waals surface area contributed by atoms with Gasteiger partial charge in [0.05, 0.1) is 49.2 Å². The zero-order valence-corrected chi connectivity index (χ0v) is 75.3. The maximum absolute atomic E-state index is 6.34. The van der Waals surface area contributed by atoms with E-state index in [2.05, 4.69) is 241 Å². The first kappa shape index (κ1) is 90.8. The van der Waals surface area contributed by atoms with Crippen molar-refractivity contribution in [1.29, 1.82) is 0 Å². The summed E-state index contributed by atoms with van der Waals surface area (Å²) in [5, 5.41) is 0. The number of nitrogens with zero attached hydrogens (tertiary/aromatic N) is 3. The Morgan fingerprint density at radius 2 is 0.458 bits per heavy atom. The second-order valence-corrected chi connectivity index (χ2v) is 44.0. The Kier molecular flexibility index (Phi) is 36.4. The molecule has 0 aliphatic heterocycles. The standard InChI is InChI=1S/C109H123N3O4Si2/c1-17-21-25-29-62-113-102-72-94(50-44-88-36-40-90(41-37-88)46-52-96-70-100(78-104(74-96)115-64-31-27-23-19-3)60-66-117(82(5)6,83(7)8)84(9)10)68-98(76-102)54-48-92-56-58-106(110-80-92)108-34-33-35-109(112-108)107-59-57-93(81-111-107)49-55-99-69-95(73-103(77-99)114-63-30-26-22-18-2)51-45-89-38-42-91(43-39-89)47-53-97-71-101(79-105(75-97)116-65-32-28-24-20-4)61-67-118(85(11)12,86(13)14)87(15)16/h33-43,56-59,68-87H,17-32,62-65H2,1-16H3. The summed E-state index contributed by atoms with van der Waals surface area (Å²) in [6, 6.07) is 54.5. The molecule has 0 atom stereocenters. The number of hydrogen-bond donors (Lipinski definition) is 0. The van der Waals surface area contributed by atoms with E-state index in [1.807, 2.05) is 127 Å². The molecule has 0 aliphatic rings. The van der Waals surface area contributed by atoms with E-state index in [9.17, 15) is 0 Å². The van der Waals surface area contributed by atoms with Gasteiger partial charge in [-0.25, -0.2) is 4.98 Å². The molecule has 118 heavy (non-hydrogen) atoms. The van der Waals surface area contributed by atoms with Crippen molar-refractivity contribution in [3.8, 4) is 140 Å². The molecule has 0 N–H and O–H groups in total. The maximum atomic E-state index is 6.34. The number of rotatable bonds is 32. The third kappa shape index (κ3) is 28.0. The van der Waals surface area contributed by atoms with Gasteiger partial charge >= 0.3 is 0 Å². The minimum atomic E-state index is -1.94. The molecule has 0 aliphatic carbocycles. The van der Waals surface area contributed by atoms with Crippen LogP contribution in [0, 0.1) is 94.0 Å². The number of hydrogen-bond acceptors (Lipinski definition) is 7. The van der Waals surface area contributed by atoms with E-state index in [0.717, 1.165) is 188 Å². The minimum absolute atomic E-state index is 0.541. The molecule has 0 spiro atoms. The van der Waals surface area contributed by atoms with Crippen molar-refractivity contribution in [2.75, 3.05) is 26.4 Å². The summed E-state index contributed by atoms with van der Waals surface area (Å²) in [6.45, 7) is 39.7. The lowest BCUT2D eigenvalue weighted by atomic mass is 10.1. The first-order valence-electron chi connectivity index (χ1n) is 43.6. The average Bonchev–Trinajstić information content (AvgIpc) is 0.801. The minimum Gasteiger partial charge on any atom is -0.494 e. The third-order valence-electron chi connectivity index (χ3n) is 21.9. The van der Waals surface area contributed by atoms with E-state index in [0.29, 0.717) is 59.7 Å². The van der Waals surface area contributed by atoms with Crippen LogP contribution in [0.1, 0.15) is 291 Å². The number of ether oxygens (including phenoxy) is 4. The van der Waals surface area contributed by atoms with Gasteiger partial charge in [-0.15, -0.1) is 11.1 Å². The normalized spacial score (nSPS) is 11.0. The number of aromatic nitrogens is 3. The topological polar surface area (TPSA) is 75.6 Å². The van der Waals surface area contributed by atoms with Crippen LogP contribution < -0.4 is 18.9 Å². The van der Waals surface area contributed by atoms with E-state index < -0.39 is 16.1 Å².